The number of piperazine rings is 1. The number of carbonyl (C=O) groups is 3. The normalized spacial score (nSPS) is 21.4. The van der Waals surface area contributed by atoms with Crippen LogP contribution in [0, 0.1) is 16.0 Å². The number of non-ortho nitro benzene ring substituents is 1. The van der Waals surface area contributed by atoms with Crippen molar-refractivity contribution in [3.05, 3.63) is 128 Å². The van der Waals surface area contributed by atoms with Crippen molar-refractivity contribution in [3.63, 3.8) is 0 Å². The molecule has 1 N–H and O–H groups in total. The molecular formula is C34H32N4O6S. The fourth-order valence-corrected chi connectivity index (χ4v) is 7.37. The summed E-state index contributed by atoms with van der Waals surface area (Å²) in [7, 11) is 1.56. The number of nitrogens with zero attached hydrogens (tertiary/aromatic N) is 3. The van der Waals surface area contributed by atoms with Crippen molar-refractivity contribution in [3.8, 4) is 5.75 Å². The first-order chi connectivity index (χ1) is 21.9. The first-order valence-electron chi connectivity index (χ1n) is 14.7. The van der Waals surface area contributed by atoms with Gasteiger partial charge >= 0.3 is 0 Å². The molecule has 2 aliphatic heterocycles. The molecule has 1 aromatic heterocycles. The molecule has 45 heavy (non-hydrogen) atoms. The van der Waals surface area contributed by atoms with Gasteiger partial charge in [-0.05, 0) is 53.4 Å². The van der Waals surface area contributed by atoms with Crippen LogP contribution < -0.4 is 10.1 Å². The SMILES string of the molecule is COc1ccc(C2C(C(=O)c3ccc([N+](=O)[O-])cc3)C(c3cccs3)C(C(=O)N3CCNCC3)N2C(=O)c2ccccc2)cc1. The molecule has 0 bridgehead atoms. The van der Waals surface area contributed by atoms with Gasteiger partial charge in [-0.1, -0.05) is 36.4 Å². The Morgan fingerprint density at radius 1 is 0.889 bits per heavy atom. The molecule has 11 heteroatoms. The topological polar surface area (TPSA) is 122 Å². The van der Waals surface area contributed by atoms with Gasteiger partial charge in [0.15, 0.2) is 5.78 Å². The summed E-state index contributed by atoms with van der Waals surface area (Å²) in [5.41, 5.74) is 1.22. The number of methoxy groups -OCH3 is 1. The van der Waals surface area contributed by atoms with E-state index < -0.39 is 28.8 Å². The van der Waals surface area contributed by atoms with E-state index in [4.69, 9.17) is 4.74 Å². The lowest BCUT2D eigenvalue weighted by atomic mass is 9.78. The van der Waals surface area contributed by atoms with Gasteiger partial charge in [0.05, 0.1) is 24.0 Å². The maximum absolute atomic E-state index is 14.7. The van der Waals surface area contributed by atoms with Crippen molar-refractivity contribution in [1.82, 2.24) is 15.1 Å². The second kappa shape index (κ2) is 13.0. The molecule has 10 nitrogen and oxygen atoms in total. The molecule has 3 aromatic carbocycles. The van der Waals surface area contributed by atoms with Crippen LogP contribution in [0.25, 0.3) is 0 Å². The molecule has 0 radical (unpaired) electrons. The lowest BCUT2D eigenvalue weighted by Gasteiger charge is -2.36. The number of thiophene rings is 1. The van der Waals surface area contributed by atoms with Crippen molar-refractivity contribution in [1.29, 1.82) is 0 Å². The summed E-state index contributed by atoms with van der Waals surface area (Å²) in [5, 5.41) is 16.6. The summed E-state index contributed by atoms with van der Waals surface area (Å²) >= 11 is 1.44. The Morgan fingerprint density at radius 3 is 2.18 bits per heavy atom. The first-order valence-corrected chi connectivity index (χ1v) is 15.6. The number of hydrogen-bond acceptors (Lipinski definition) is 8. The third-order valence-corrected chi connectivity index (χ3v) is 9.57. The molecule has 3 heterocycles. The van der Waals surface area contributed by atoms with Gasteiger partial charge in [-0.2, -0.15) is 0 Å². The van der Waals surface area contributed by atoms with E-state index >= 15 is 0 Å². The van der Waals surface area contributed by atoms with E-state index in [2.05, 4.69) is 5.32 Å². The number of nitro groups is 1. The Morgan fingerprint density at radius 2 is 1.58 bits per heavy atom. The molecule has 4 atom stereocenters. The van der Waals surface area contributed by atoms with E-state index in [9.17, 15) is 24.5 Å². The number of Topliss-reactive ketones (excluding diaryl/α,β-unsaturated/α-hetero) is 1. The monoisotopic (exact) mass is 624 g/mol. The van der Waals surface area contributed by atoms with Crippen molar-refractivity contribution in [2.75, 3.05) is 33.3 Å². The molecule has 0 aliphatic carbocycles. The van der Waals surface area contributed by atoms with Crippen molar-refractivity contribution < 1.29 is 24.0 Å². The molecule has 2 aliphatic rings. The number of amides is 2. The Kier molecular flexibility index (Phi) is 8.72. The summed E-state index contributed by atoms with van der Waals surface area (Å²) in [6, 6.07) is 23.5. The van der Waals surface area contributed by atoms with Gasteiger partial charge < -0.3 is 19.9 Å². The Labute approximate surface area is 264 Å². The zero-order valence-corrected chi connectivity index (χ0v) is 25.4. The van der Waals surface area contributed by atoms with E-state index in [1.807, 2.05) is 35.7 Å². The summed E-state index contributed by atoms with van der Waals surface area (Å²) in [4.78, 5) is 59.1. The van der Waals surface area contributed by atoms with Crippen LogP contribution >= 0.6 is 11.3 Å². The number of rotatable bonds is 8. The first kappa shape index (κ1) is 30.2. The van der Waals surface area contributed by atoms with E-state index in [-0.39, 0.29) is 28.8 Å². The quantitative estimate of drug-likeness (QED) is 0.167. The highest BCUT2D eigenvalue weighted by molar-refractivity contribution is 7.10. The number of ether oxygens (including phenoxy) is 1. The van der Waals surface area contributed by atoms with Crippen molar-refractivity contribution in [2.45, 2.75) is 18.0 Å². The molecular weight excluding hydrogens is 592 g/mol. The molecule has 0 spiro atoms. The van der Waals surface area contributed by atoms with Gasteiger partial charge in [-0.3, -0.25) is 24.5 Å². The fourth-order valence-electron chi connectivity index (χ4n) is 6.47. The number of carbonyl (C=O) groups excluding carboxylic acids is 3. The molecule has 4 unspecified atom stereocenters. The minimum absolute atomic E-state index is 0.132. The maximum atomic E-state index is 14.7. The van der Waals surface area contributed by atoms with Crippen LogP contribution in [0.1, 0.15) is 43.1 Å². The second-order valence-electron chi connectivity index (χ2n) is 11.1. The molecule has 2 fully saturated rings. The number of nitrogens with one attached hydrogen (secondary N) is 1. The van der Waals surface area contributed by atoms with Gasteiger partial charge in [0.1, 0.15) is 11.8 Å². The largest absolute Gasteiger partial charge is 0.497 e. The van der Waals surface area contributed by atoms with Crippen LogP contribution in [0.5, 0.6) is 5.75 Å². The van der Waals surface area contributed by atoms with Crippen molar-refractivity contribution >= 4 is 34.6 Å². The van der Waals surface area contributed by atoms with Gasteiger partial charge in [-0.15, -0.1) is 11.3 Å². The summed E-state index contributed by atoms with van der Waals surface area (Å²) in [5.74, 6) is -1.80. The van der Waals surface area contributed by atoms with Gasteiger partial charge in [-0.25, -0.2) is 0 Å². The van der Waals surface area contributed by atoms with Gasteiger partial charge in [0.25, 0.3) is 11.6 Å². The van der Waals surface area contributed by atoms with E-state index in [1.165, 1.54) is 35.6 Å². The summed E-state index contributed by atoms with van der Waals surface area (Å²) < 4.78 is 5.40. The van der Waals surface area contributed by atoms with E-state index in [1.54, 1.807) is 53.3 Å². The predicted octanol–water partition coefficient (Wildman–Crippen LogP) is 4.95. The standard InChI is InChI=1S/C34H32N4O6S/c1-44-26-15-11-22(12-16-26)30-29(32(39)23-9-13-25(14-10-23)38(42)43)28(27-8-5-21-45-27)31(34(41)36-19-17-35-18-20-36)37(30)33(40)24-6-3-2-4-7-24/h2-16,21,28-31,35H,17-20H2,1H3. The van der Waals surface area contributed by atoms with Gasteiger partial charge in [0.2, 0.25) is 5.91 Å². The van der Waals surface area contributed by atoms with E-state index in [0.29, 0.717) is 43.1 Å². The Balaban J connectivity index is 1.57. The number of nitro benzene ring substituents is 1. The van der Waals surface area contributed by atoms with Crippen LogP contribution in [0.15, 0.2) is 96.4 Å². The Hall–Kier alpha value is -4.87. The zero-order chi connectivity index (χ0) is 31.5. The number of likely N-dealkylation sites (tertiary alicyclic amines) is 1. The lowest BCUT2D eigenvalue weighted by Crippen LogP contribution is -2.54. The third-order valence-electron chi connectivity index (χ3n) is 8.60. The molecule has 230 valence electrons. The zero-order valence-electron chi connectivity index (χ0n) is 24.6. The molecule has 0 saturated carbocycles. The van der Waals surface area contributed by atoms with Gasteiger partial charge in [0, 0.05) is 60.2 Å². The number of hydrogen-bond donors (Lipinski definition) is 1. The molecule has 2 amide bonds. The number of benzene rings is 3. The van der Waals surface area contributed by atoms with Crippen LogP contribution in [-0.2, 0) is 4.79 Å². The smallest absolute Gasteiger partial charge is 0.269 e. The molecule has 4 aromatic rings. The highest BCUT2D eigenvalue weighted by Crippen LogP contribution is 2.53. The number of ketones is 1. The molecule has 2 saturated heterocycles. The molecule has 6 rings (SSSR count). The average Bonchev–Trinajstić information content (AvgIpc) is 3.75. The fraction of sp³-hybridized carbons (Fsp3) is 0.265. The van der Waals surface area contributed by atoms with E-state index in [0.717, 1.165) is 4.88 Å². The van der Waals surface area contributed by atoms with Crippen LogP contribution in [0.4, 0.5) is 5.69 Å². The second-order valence-corrected chi connectivity index (χ2v) is 12.0. The van der Waals surface area contributed by atoms with Crippen LogP contribution in [0.3, 0.4) is 0 Å². The van der Waals surface area contributed by atoms with Crippen LogP contribution in [-0.4, -0.2) is 71.7 Å². The predicted molar refractivity (Wildman–Crippen MR) is 170 cm³/mol. The maximum Gasteiger partial charge on any atom is 0.269 e. The lowest BCUT2D eigenvalue weighted by molar-refractivity contribution is -0.384. The minimum atomic E-state index is -0.978. The summed E-state index contributed by atoms with van der Waals surface area (Å²) in [6.45, 7) is 2.21. The third kappa shape index (κ3) is 5.84. The minimum Gasteiger partial charge on any atom is -0.497 e. The highest BCUT2D eigenvalue weighted by atomic mass is 32.1. The Bertz CT molecular complexity index is 1670. The van der Waals surface area contributed by atoms with Crippen LogP contribution in [0.2, 0.25) is 0 Å². The average molecular weight is 625 g/mol. The van der Waals surface area contributed by atoms with Crippen molar-refractivity contribution in [2.24, 2.45) is 5.92 Å². The summed E-state index contributed by atoms with van der Waals surface area (Å²) in [6.07, 6.45) is 0. The highest BCUT2D eigenvalue weighted by Gasteiger charge is 2.58.